The van der Waals surface area contributed by atoms with Crippen molar-refractivity contribution < 1.29 is 19.0 Å². The molecule has 0 aliphatic carbocycles. The second kappa shape index (κ2) is 9.09. The van der Waals surface area contributed by atoms with Crippen LogP contribution >= 0.6 is 11.8 Å². The molecule has 0 aliphatic heterocycles. The Bertz CT molecular complexity index is 840. The van der Waals surface area contributed by atoms with Crippen LogP contribution in [0.5, 0.6) is 11.5 Å². The van der Waals surface area contributed by atoms with Crippen LogP contribution < -0.4 is 20.9 Å². The number of nitrogen functional groups attached to an aromatic ring is 1. The molecular weight excluding hydrogens is 360 g/mol. The molecule has 0 spiro atoms. The molecule has 1 aromatic carbocycles. The van der Waals surface area contributed by atoms with Crippen molar-refractivity contribution in [2.24, 2.45) is 0 Å². The van der Waals surface area contributed by atoms with Gasteiger partial charge in [-0.15, -0.1) is 10.2 Å². The van der Waals surface area contributed by atoms with Crippen molar-refractivity contribution in [3.63, 3.8) is 0 Å². The zero-order valence-electron chi connectivity index (χ0n) is 14.7. The molecule has 0 aliphatic rings. The molecule has 0 unspecified atom stereocenters. The van der Waals surface area contributed by atoms with Crippen LogP contribution in [-0.4, -0.2) is 47.4 Å². The van der Waals surface area contributed by atoms with Crippen LogP contribution in [-0.2, 0) is 16.0 Å². The molecule has 0 amide bonds. The van der Waals surface area contributed by atoms with Gasteiger partial charge in [0, 0.05) is 6.42 Å². The Morgan fingerprint density at radius 2 is 1.96 bits per heavy atom. The van der Waals surface area contributed by atoms with E-state index in [1.54, 1.807) is 32.2 Å². The Balaban J connectivity index is 2.17. The summed E-state index contributed by atoms with van der Waals surface area (Å²) in [7, 11) is 3.08. The highest BCUT2D eigenvalue weighted by Crippen LogP contribution is 2.28. The molecule has 0 fully saturated rings. The zero-order valence-corrected chi connectivity index (χ0v) is 15.5. The zero-order chi connectivity index (χ0) is 19.1. The smallest absolute Gasteiger partial charge is 0.316 e. The van der Waals surface area contributed by atoms with Gasteiger partial charge in [-0.1, -0.05) is 17.8 Å². The summed E-state index contributed by atoms with van der Waals surface area (Å²) >= 11 is 0.989. The average molecular weight is 380 g/mol. The van der Waals surface area contributed by atoms with Crippen LogP contribution in [0.3, 0.4) is 0 Å². The molecule has 0 radical (unpaired) electrons. The third kappa shape index (κ3) is 4.66. The van der Waals surface area contributed by atoms with E-state index in [1.165, 1.54) is 7.11 Å². The van der Waals surface area contributed by atoms with Gasteiger partial charge in [0.2, 0.25) is 5.16 Å². The maximum atomic E-state index is 12.4. The lowest BCUT2D eigenvalue weighted by molar-refractivity contribution is -0.139. The molecule has 0 bridgehead atoms. The number of hydrogen-bond donors (Lipinski definition) is 1. The van der Waals surface area contributed by atoms with Gasteiger partial charge >= 0.3 is 5.97 Å². The number of aromatic nitrogens is 3. The summed E-state index contributed by atoms with van der Waals surface area (Å²) in [5.74, 6) is 6.50. The summed E-state index contributed by atoms with van der Waals surface area (Å²) < 4.78 is 16.1. The molecule has 26 heavy (non-hydrogen) atoms. The highest BCUT2D eigenvalue weighted by molar-refractivity contribution is 7.99. The van der Waals surface area contributed by atoms with E-state index in [1.807, 2.05) is 0 Å². The summed E-state index contributed by atoms with van der Waals surface area (Å²) in [4.78, 5) is 23.8. The van der Waals surface area contributed by atoms with Crippen LogP contribution in [0.15, 0.2) is 28.2 Å². The van der Waals surface area contributed by atoms with Crippen LogP contribution in [0.25, 0.3) is 0 Å². The Labute approximate surface area is 154 Å². The van der Waals surface area contributed by atoms with E-state index in [4.69, 9.17) is 20.1 Å². The Hall–Kier alpha value is -2.75. The van der Waals surface area contributed by atoms with Gasteiger partial charge in [0.1, 0.15) is 5.69 Å². The predicted octanol–water partition coefficient (Wildman–Crippen LogP) is 0.615. The summed E-state index contributed by atoms with van der Waals surface area (Å²) in [6, 6.07) is 5.29. The van der Waals surface area contributed by atoms with Crippen molar-refractivity contribution >= 4 is 17.7 Å². The van der Waals surface area contributed by atoms with Gasteiger partial charge < -0.3 is 20.1 Å². The fraction of sp³-hybridized carbons (Fsp3) is 0.375. The van der Waals surface area contributed by atoms with E-state index in [0.717, 1.165) is 22.0 Å². The largest absolute Gasteiger partial charge is 0.493 e. The molecule has 1 heterocycles. The minimum Gasteiger partial charge on any atom is -0.493 e. The molecular formula is C16H20N4O5S. The SMILES string of the molecule is CCOC(=O)CSc1nnc(Cc2ccc(OC)c(OC)c2)c(=O)n1N. The van der Waals surface area contributed by atoms with Gasteiger partial charge in [0.05, 0.1) is 26.6 Å². The molecule has 140 valence electrons. The number of esters is 1. The maximum Gasteiger partial charge on any atom is 0.316 e. The van der Waals surface area contributed by atoms with E-state index in [-0.39, 0.29) is 29.6 Å². The molecule has 2 rings (SSSR count). The van der Waals surface area contributed by atoms with Gasteiger partial charge in [-0.2, -0.15) is 4.68 Å². The standard InChI is InChI=1S/C16H20N4O5S/c1-4-25-14(21)9-26-16-19-18-11(15(22)20(16)17)7-10-5-6-12(23-2)13(8-10)24-3/h5-6,8H,4,7,9,17H2,1-3H3. The lowest BCUT2D eigenvalue weighted by atomic mass is 10.1. The van der Waals surface area contributed by atoms with Crippen LogP contribution in [0.1, 0.15) is 18.2 Å². The highest BCUT2D eigenvalue weighted by Gasteiger charge is 2.14. The van der Waals surface area contributed by atoms with Crippen molar-refractivity contribution in [1.29, 1.82) is 0 Å². The van der Waals surface area contributed by atoms with Crippen molar-refractivity contribution in [3.05, 3.63) is 39.8 Å². The van der Waals surface area contributed by atoms with Gasteiger partial charge in [-0.05, 0) is 24.6 Å². The summed E-state index contributed by atoms with van der Waals surface area (Å²) in [5.41, 5.74) is 0.488. The number of benzene rings is 1. The summed E-state index contributed by atoms with van der Waals surface area (Å²) in [6.07, 6.45) is 0.228. The highest BCUT2D eigenvalue weighted by atomic mass is 32.2. The van der Waals surface area contributed by atoms with Crippen molar-refractivity contribution in [2.75, 3.05) is 32.4 Å². The molecule has 10 heteroatoms. The lowest BCUT2D eigenvalue weighted by Crippen LogP contribution is -2.34. The molecule has 1 aromatic heterocycles. The predicted molar refractivity (Wildman–Crippen MR) is 96.2 cm³/mol. The number of ether oxygens (including phenoxy) is 3. The number of methoxy groups -OCH3 is 2. The summed E-state index contributed by atoms with van der Waals surface area (Å²) in [5, 5.41) is 8.02. The number of rotatable bonds is 8. The lowest BCUT2D eigenvalue weighted by Gasteiger charge is -2.10. The van der Waals surface area contributed by atoms with Crippen LogP contribution in [0.4, 0.5) is 0 Å². The van der Waals surface area contributed by atoms with E-state index in [2.05, 4.69) is 10.2 Å². The monoisotopic (exact) mass is 380 g/mol. The first-order valence-electron chi connectivity index (χ1n) is 7.73. The Kier molecular flexibility index (Phi) is 6.84. The van der Waals surface area contributed by atoms with Crippen molar-refractivity contribution in [1.82, 2.24) is 14.9 Å². The van der Waals surface area contributed by atoms with E-state index in [0.29, 0.717) is 11.5 Å². The Morgan fingerprint density at radius 1 is 1.23 bits per heavy atom. The first-order valence-corrected chi connectivity index (χ1v) is 8.71. The molecule has 0 saturated carbocycles. The van der Waals surface area contributed by atoms with Gasteiger partial charge in [0.25, 0.3) is 5.56 Å². The number of nitrogens with zero attached hydrogens (tertiary/aromatic N) is 3. The molecule has 2 aromatic rings. The normalized spacial score (nSPS) is 10.4. The quantitative estimate of drug-likeness (QED) is 0.399. The van der Waals surface area contributed by atoms with Gasteiger partial charge in [0.15, 0.2) is 11.5 Å². The number of carbonyl (C=O) groups is 1. The Morgan fingerprint density at radius 3 is 2.62 bits per heavy atom. The molecule has 2 N–H and O–H groups in total. The van der Waals surface area contributed by atoms with Crippen LogP contribution in [0, 0.1) is 0 Å². The second-order valence-corrected chi connectivity index (χ2v) is 6.01. The first kappa shape index (κ1) is 19.6. The fourth-order valence-corrected chi connectivity index (χ4v) is 2.79. The topological polar surface area (TPSA) is 119 Å². The molecule has 0 saturated heterocycles. The number of thioether (sulfide) groups is 1. The summed E-state index contributed by atoms with van der Waals surface area (Å²) in [6.45, 7) is 1.99. The average Bonchev–Trinajstić information content (AvgIpc) is 2.65. The second-order valence-electron chi connectivity index (χ2n) is 5.06. The van der Waals surface area contributed by atoms with E-state index < -0.39 is 11.5 Å². The minimum absolute atomic E-state index is 0.00577. The molecule has 9 nitrogen and oxygen atoms in total. The van der Waals surface area contributed by atoms with E-state index >= 15 is 0 Å². The van der Waals surface area contributed by atoms with Crippen molar-refractivity contribution in [2.45, 2.75) is 18.5 Å². The fourth-order valence-electron chi connectivity index (χ4n) is 2.14. The first-order chi connectivity index (χ1) is 12.5. The number of carbonyl (C=O) groups excluding carboxylic acids is 1. The number of hydrogen-bond acceptors (Lipinski definition) is 9. The van der Waals surface area contributed by atoms with E-state index in [9.17, 15) is 9.59 Å². The molecule has 0 atom stereocenters. The van der Waals surface area contributed by atoms with Gasteiger partial charge in [-0.25, -0.2) is 0 Å². The third-order valence-corrected chi connectivity index (χ3v) is 4.29. The van der Waals surface area contributed by atoms with Crippen LogP contribution in [0.2, 0.25) is 0 Å². The minimum atomic E-state index is -0.485. The van der Waals surface area contributed by atoms with Crippen molar-refractivity contribution in [3.8, 4) is 11.5 Å². The number of nitrogens with two attached hydrogens (primary N) is 1. The third-order valence-electron chi connectivity index (χ3n) is 3.37. The van der Waals surface area contributed by atoms with Gasteiger partial charge in [-0.3, -0.25) is 9.59 Å². The maximum absolute atomic E-state index is 12.4.